The highest BCUT2D eigenvalue weighted by molar-refractivity contribution is 6.00. The minimum Gasteiger partial charge on any atom is -0.478 e. The van der Waals surface area contributed by atoms with E-state index in [1.54, 1.807) is 13.8 Å². The summed E-state index contributed by atoms with van der Waals surface area (Å²) in [6.45, 7) is 3.34. The number of anilines is 2. The number of benzene rings is 1. The van der Waals surface area contributed by atoms with Gasteiger partial charge in [-0.15, -0.1) is 0 Å². The molecule has 0 aliphatic heterocycles. The highest BCUT2D eigenvalue weighted by atomic mass is 19.1. The molecule has 1 aromatic rings. The van der Waals surface area contributed by atoms with Gasteiger partial charge in [0, 0.05) is 12.0 Å². The molecule has 1 aromatic carbocycles. The number of halogens is 1. The molecule has 0 fully saturated rings. The van der Waals surface area contributed by atoms with E-state index in [1.807, 2.05) is 0 Å². The maximum Gasteiger partial charge on any atom is 0.340 e. The van der Waals surface area contributed by atoms with E-state index in [9.17, 15) is 14.0 Å². The molecule has 0 saturated carbocycles. The molecule has 6 N–H and O–H groups in total. The lowest BCUT2D eigenvalue weighted by Gasteiger charge is -2.27. The van der Waals surface area contributed by atoms with E-state index in [0.29, 0.717) is 0 Å². The predicted octanol–water partition coefficient (Wildman–Crippen LogP) is 1.17. The number of nitrogen functional groups attached to an aromatic ring is 1. The van der Waals surface area contributed by atoms with Crippen LogP contribution in [0.2, 0.25) is 0 Å². The average Bonchev–Trinajstić information content (AvgIpc) is 2.20. The minimum absolute atomic E-state index is 0.0106. The lowest BCUT2D eigenvalue weighted by atomic mass is 9.98. The molecule has 0 aliphatic rings. The van der Waals surface area contributed by atoms with E-state index in [4.69, 9.17) is 16.6 Å². The molecule has 1 rings (SSSR count). The molecule has 0 aliphatic carbocycles. The SMILES string of the molecule is CC(C)(CC(N)=O)Nc1ccc(F)c(N)c1C(=O)O. The van der Waals surface area contributed by atoms with E-state index in [0.717, 1.165) is 6.07 Å². The van der Waals surface area contributed by atoms with Crippen LogP contribution in [0.5, 0.6) is 0 Å². The van der Waals surface area contributed by atoms with Gasteiger partial charge in [-0.3, -0.25) is 4.79 Å². The first kappa shape index (κ1) is 14.7. The number of nitrogens with two attached hydrogens (primary N) is 2. The van der Waals surface area contributed by atoms with E-state index in [-0.39, 0.29) is 17.7 Å². The van der Waals surface area contributed by atoms with Gasteiger partial charge in [0.2, 0.25) is 5.91 Å². The molecule has 0 aromatic heterocycles. The van der Waals surface area contributed by atoms with Gasteiger partial charge < -0.3 is 21.9 Å². The molecule has 104 valence electrons. The fraction of sp³-hybridized carbons (Fsp3) is 0.333. The van der Waals surface area contributed by atoms with Crippen molar-refractivity contribution in [1.29, 1.82) is 0 Å². The number of carboxylic acid groups (broad SMARTS) is 1. The number of carboxylic acids is 1. The first-order chi connectivity index (χ1) is 8.64. The minimum atomic E-state index is -1.35. The van der Waals surface area contributed by atoms with E-state index in [1.165, 1.54) is 6.07 Å². The van der Waals surface area contributed by atoms with Gasteiger partial charge in [0.05, 0.1) is 11.4 Å². The van der Waals surface area contributed by atoms with E-state index < -0.39 is 28.9 Å². The van der Waals surface area contributed by atoms with Gasteiger partial charge in [0.1, 0.15) is 11.4 Å². The van der Waals surface area contributed by atoms with Crippen LogP contribution in [0.15, 0.2) is 12.1 Å². The van der Waals surface area contributed by atoms with Crippen molar-refractivity contribution in [3.05, 3.63) is 23.5 Å². The number of carbonyl (C=O) groups is 2. The molecule has 0 bridgehead atoms. The van der Waals surface area contributed by atoms with Crippen molar-refractivity contribution in [3.63, 3.8) is 0 Å². The standard InChI is InChI=1S/C12H16FN3O3/c1-12(2,5-8(14)17)16-7-4-3-6(13)10(15)9(7)11(18)19/h3-4,16H,5,15H2,1-2H3,(H2,14,17)(H,18,19). The second-order valence-corrected chi connectivity index (χ2v) is 4.84. The Bertz CT molecular complexity index is 529. The molecular formula is C12H16FN3O3. The summed E-state index contributed by atoms with van der Waals surface area (Å²) in [7, 11) is 0. The molecule has 6 nitrogen and oxygen atoms in total. The first-order valence-electron chi connectivity index (χ1n) is 5.52. The highest BCUT2D eigenvalue weighted by Crippen LogP contribution is 2.28. The van der Waals surface area contributed by atoms with Crippen molar-refractivity contribution < 1.29 is 19.1 Å². The Morgan fingerprint density at radius 3 is 2.47 bits per heavy atom. The Kier molecular flexibility index (Phi) is 3.98. The summed E-state index contributed by atoms with van der Waals surface area (Å²) in [5.74, 6) is -2.70. The number of aromatic carboxylic acids is 1. The fourth-order valence-electron chi connectivity index (χ4n) is 1.77. The van der Waals surface area contributed by atoms with E-state index >= 15 is 0 Å². The van der Waals surface area contributed by atoms with Crippen LogP contribution < -0.4 is 16.8 Å². The lowest BCUT2D eigenvalue weighted by Crippen LogP contribution is -2.36. The van der Waals surface area contributed by atoms with Gasteiger partial charge >= 0.3 is 5.97 Å². The normalized spacial score (nSPS) is 11.1. The van der Waals surface area contributed by atoms with Crippen LogP contribution in [0.25, 0.3) is 0 Å². The summed E-state index contributed by atoms with van der Waals surface area (Å²) in [5, 5.41) is 11.9. The van der Waals surface area contributed by atoms with Crippen LogP contribution in [-0.4, -0.2) is 22.5 Å². The molecule has 7 heteroatoms. The monoisotopic (exact) mass is 269 g/mol. The quantitative estimate of drug-likeness (QED) is 0.598. The molecule has 0 heterocycles. The number of hydrogen-bond acceptors (Lipinski definition) is 4. The average molecular weight is 269 g/mol. The third kappa shape index (κ3) is 3.57. The number of carbonyl (C=O) groups excluding carboxylic acids is 1. The molecule has 1 amide bonds. The second-order valence-electron chi connectivity index (χ2n) is 4.84. The number of rotatable bonds is 5. The van der Waals surface area contributed by atoms with Crippen molar-refractivity contribution in [3.8, 4) is 0 Å². The van der Waals surface area contributed by atoms with Crippen molar-refractivity contribution in [1.82, 2.24) is 0 Å². The summed E-state index contributed by atoms with van der Waals surface area (Å²) in [5.41, 5.74) is 9.07. The van der Waals surface area contributed by atoms with Crippen molar-refractivity contribution in [2.24, 2.45) is 5.73 Å². The maximum absolute atomic E-state index is 13.3. The number of hydrogen-bond donors (Lipinski definition) is 4. The molecule has 0 saturated heterocycles. The summed E-state index contributed by atoms with van der Waals surface area (Å²) < 4.78 is 13.3. The second kappa shape index (κ2) is 5.13. The van der Waals surface area contributed by atoms with Crippen molar-refractivity contribution in [2.75, 3.05) is 11.1 Å². The summed E-state index contributed by atoms with van der Waals surface area (Å²) in [4.78, 5) is 22.1. The zero-order chi connectivity index (χ0) is 14.8. The molecule has 0 spiro atoms. The third-order valence-electron chi connectivity index (χ3n) is 2.50. The Morgan fingerprint density at radius 1 is 1.42 bits per heavy atom. The smallest absolute Gasteiger partial charge is 0.340 e. The van der Waals surface area contributed by atoms with Crippen LogP contribution in [0.3, 0.4) is 0 Å². The summed E-state index contributed by atoms with van der Waals surface area (Å²) >= 11 is 0. The van der Waals surface area contributed by atoms with Crippen LogP contribution in [0, 0.1) is 5.82 Å². The third-order valence-corrected chi connectivity index (χ3v) is 2.50. The Hall–Kier alpha value is -2.31. The zero-order valence-corrected chi connectivity index (χ0v) is 10.7. The molecule has 0 unspecified atom stereocenters. The predicted molar refractivity (Wildman–Crippen MR) is 69.3 cm³/mol. The van der Waals surface area contributed by atoms with Crippen LogP contribution >= 0.6 is 0 Å². The first-order valence-corrected chi connectivity index (χ1v) is 5.52. The van der Waals surface area contributed by atoms with Gasteiger partial charge in [-0.25, -0.2) is 9.18 Å². The van der Waals surface area contributed by atoms with Crippen LogP contribution in [-0.2, 0) is 4.79 Å². The van der Waals surface area contributed by atoms with Crippen molar-refractivity contribution in [2.45, 2.75) is 25.8 Å². The fourth-order valence-corrected chi connectivity index (χ4v) is 1.77. The van der Waals surface area contributed by atoms with Gasteiger partial charge in [0.25, 0.3) is 0 Å². The zero-order valence-electron chi connectivity index (χ0n) is 10.7. The number of amides is 1. The van der Waals surface area contributed by atoms with Crippen LogP contribution in [0.4, 0.5) is 15.8 Å². The van der Waals surface area contributed by atoms with Gasteiger partial charge in [-0.05, 0) is 26.0 Å². The van der Waals surface area contributed by atoms with Crippen molar-refractivity contribution >= 4 is 23.3 Å². The molecular weight excluding hydrogens is 253 g/mol. The summed E-state index contributed by atoms with van der Waals surface area (Å²) in [6.07, 6.45) is -0.0106. The lowest BCUT2D eigenvalue weighted by molar-refractivity contribution is -0.118. The Morgan fingerprint density at radius 2 is 2.00 bits per heavy atom. The number of nitrogens with one attached hydrogen (secondary N) is 1. The Labute approximate surface area is 109 Å². The molecule has 0 radical (unpaired) electrons. The summed E-state index contributed by atoms with van der Waals surface area (Å²) in [6, 6.07) is 2.32. The highest BCUT2D eigenvalue weighted by Gasteiger charge is 2.25. The number of primary amides is 1. The van der Waals surface area contributed by atoms with Gasteiger partial charge in [-0.2, -0.15) is 0 Å². The van der Waals surface area contributed by atoms with Crippen LogP contribution in [0.1, 0.15) is 30.6 Å². The molecule has 0 atom stereocenters. The van der Waals surface area contributed by atoms with E-state index in [2.05, 4.69) is 5.32 Å². The van der Waals surface area contributed by atoms with Gasteiger partial charge in [-0.1, -0.05) is 0 Å². The Balaban J connectivity index is 3.18. The largest absolute Gasteiger partial charge is 0.478 e. The van der Waals surface area contributed by atoms with Gasteiger partial charge in [0.15, 0.2) is 0 Å². The maximum atomic E-state index is 13.3. The topological polar surface area (TPSA) is 118 Å². The molecule has 19 heavy (non-hydrogen) atoms.